The Kier molecular flexibility index (Phi) is 6.09. The molecule has 1 aliphatic rings. The van der Waals surface area contributed by atoms with Crippen LogP contribution in [0.15, 0.2) is 53.4 Å². The highest BCUT2D eigenvalue weighted by atomic mass is 32.2. The number of nitro benzene ring substituents is 1. The summed E-state index contributed by atoms with van der Waals surface area (Å²) in [6, 6.07) is 10.1. The standard InChI is InChI=1S/C18H18FN3O6S/c19-14-4-6-17(7-5-14)29(26,27)21-10-8-20(9-11-21)18(23)13-28-16-3-1-2-15(12-16)22(24)25/h1-7,12H,8-11,13H2. The number of piperazine rings is 1. The average molecular weight is 423 g/mol. The molecule has 0 N–H and O–H groups in total. The summed E-state index contributed by atoms with van der Waals surface area (Å²) in [7, 11) is -3.76. The van der Waals surface area contributed by atoms with E-state index in [0.29, 0.717) is 0 Å². The molecule has 9 nitrogen and oxygen atoms in total. The van der Waals surface area contributed by atoms with Crippen LogP contribution in [-0.2, 0) is 14.8 Å². The smallest absolute Gasteiger partial charge is 0.273 e. The van der Waals surface area contributed by atoms with Gasteiger partial charge in [0, 0.05) is 32.2 Å². The van der Waals surface area contributed by atoms with Gasteiger partial charge in [-0.2, -0.15) is 4.31 Å². The van der Waals surface area contributed by atoms with Crippen molar-refractivity contribution >= 4 is 21.6 Å². The number of halogens is 1. The van der Waals surface area contributed by atoms with Crippen molar-refractivity contribution in [1.82, 2.24) is 9.21 Å². The van der Waals surface area contributed by atoms with Gasteiger partial charge in [-0.05, 0) is 30.3 Å². The molecule has 1 fully saturated rings. The molecule has 1 heterocycles. The van der Waals surface area contributed by atoms with E-state index in [2.05, 4.69) is 0 Å². The van der Waals surface area contributed by atoms with Crippen LogP contribution in [0.4, 0.5) is 10.1 Å². The predicted octanol–water partition coefficient (Wildman–Crippen LogP) is 1.65. The molecule has 0 atom stereocenters. The lowest BCUT2D eigenvalue weighted by Crippen LogP contribution is -2.51. The van der Waals surface area contributed by atoms with Gasteiger partial charge < -0.3 is 9.64 Å². The molecule has 0 aromatic heterocycles. The van der Waals surface area contributed by atoms with E-state index in [0.717, 1.165) is 12.1 Å². The molecule has 1 amide bonds. The number of benzene rings is 2. The number of carbonyl (C=O) groups excluding carboxylic acids is 1. The molecule has 0 unspecified atom stereocenters. The van der Waals surface area contributed by atoms with Crippen LogP contribution in [0.3, 0.4) is 0 Å². The number of nitro groups is 1. The van der Waals surface area contributed by atoms with E-state index in [1.54, 1.807) is 0 Å². The minimum Gasteiger partial charge on any atom is -0.484 e. The van der Waals surface area contributed by atoms with Crippen LogP contribution in [0.1, 0.15) is 0 Å². The topological polar surface area (TPSA) is 110 Å². The number of hydrogen-bond donors (Lipinski definition) is 0. The predicted molar refractivity (Wildman–Crippen MR) is 100 cm³/mol. The normalized spacial score (nSPS) is 15.1. The van der Waals surface area contributed by atoms with E-state index in [1.807, 2.05) is 0 Å². The van der Waals surface area contributed by atoms with Crippen molar-refractivity contribution in [1.29, 1.82) is 0 Å². The summed E-state index contributed by atoms with van der Waals surface area (Å²) < 4.78 is 44.8. The molecular formula is C18H18FN3O6S. The Morgan fingerprint density at radius 2 is 1.76 bits per heavy atom. The van der Waals surface area contributed by atoms with Crippen LogP contribution in [0.5, 0.6) is 5.75 Å². The second-order valence-electron chi connectivity index (χ2n) is 6.28. The quantitative estimate of drug-likeness (QED) is 0.516. The summed E-state index contributed by atoms with van der Waals surface area (Å²) in [5, 5.41) is 10.8. The lowest BCUT2D eigenvalue weighted by molar-refractivity contribution is -0.384. The largest absolute Gasteiger partial charge is 0.484 e. The first-order valence-corrected chi connectivity index (χ1v) is 10.1. The number of non-ortho nitro benzene ring substituents is 1. The van der Waals surface area contributed by atoms with Crippen LogP contribution in [0.2, 0.25) is 0 Å². The summed E-state index contributed by atoms with van der Waals surface area (Å²) in [6.45, 7) is 0.242. The van der Waals surface area contributed by atoms with Crippen LogP contribution < -0.4 is 4.74 Å². The number of carbonyl (C=O) groups is 1. The van der Waals surface area contributed by atoms with Gasteiger partial charge in [-0.1, -0.05) is 6.07 Å². The minimum atomic E-state index is -3.76. The van der Waals surface area contributed by atoms with Crippen LogP contribution in [0, 0.1) is 15.9 Å². The molecule has 11 heteroatoms. The minimum absolute atomic E-state index is 0.00678. The fourth-order valence-electron chi connectivity index (χ4n) is 2.86. The third-order valence-electron chi connectivity index (χ3n) is 4.43. The molecule has 0 bridgehead atoms. The van der Waals surface area contributed by atoms with Crippen molar-refractivity contribution in [2.75, 3.05) is 32.8 Å². The lowest BCUT2D eigenvalue weighted by Gasteiger charge is -2.33. The molecule has 3 rings (SSSR count). The highest BCUT2D eigenvalue weighted by molar-refractivity contribution is 7.89. The maximum Gasteiger partial charge on any atom is 0.273 e. The van der Waals surface area contributed by atoms with E-state index in [1.165, 1.54) is 45.6 Å². The number of sulfonamides is 1. The van der Waals surface area contributed by atoms with Gasteiger partial charge in [0.25, 0.3) is 11.6 Å². The summed E-state index contributed by atoms with van der Waals surface area (Å²) >= 11 is 0. The summed E-state index contributed by atoms with van der Waals surface area (Å²) in [4.78, 5) is 24.0. The number of nitrogens with zero attached hydrogens (tertiary/aromatic N) is 3. The van der Waals surface area contributed by atoms with Crippen molar-refractivity contribution in [2.24, 2.45) is 0 Å². The van der Waals surface area contributed by atoms with Gasteiger partial charge in [-0.15, -0.1) is 0 Å². The fourth-order valence-corrected chi connectivity index (χ4v) is 4.28. The van der Waals surface area contributed by atoms with Gasteiger partial charge in [-0.25, -0.2) is 12.8 Å². The average Bonchev–Trinajstić information content (AvgIpc) is 2.72. The summed E-state index contributed by atoms with van der Waals surface area (Å²) in [6.07, 6.45) is 0. The molecule has 1 saturated heterocycles. The van der Waals surface area contributed by atoms with Crippen molar-refractivity contribution in [3.8, 4) is 5.75 Å². The monoisotopic (exact) mass is 423 g/mol. The van der Waals surface area contributed by atoms with Crippen LogP contribution in [-0.4, -0.2) is 61.2 Å². The first kappa shape index (κ1) is 20.7. The van der Waals surface area contributed by atoms with E-state index in [4.69, 9.17) is 4.74 Å². The molecule has 0 aliphatic carbocycles. The Labute approximate surface area is 166 Å². The van der Waals surface area contributed by atoms with Crippen molar-refractivity contribution in [2.45, 2.75) is 4.90 Å². The molecule has 0 radical (unpaired) electrons. The van der Waals surface area contributed by atoms with Gasteiger partial charge >= 0.3 is 0 Å². The SMILES string of the molecule is O=C(COc1cccc([N+](=O)[O-])c1)N1CCN(S(=O)(=O)c2ccc(F)cc2)CC1. The zero-order valence-corrected chi connectivity index (χ0v) is 16.0. The molecule has 2 aromatic carbocycles. The van der Waals surface area contributed by atoms with Gasteiger partial charge in [0.2, 0.25) is 10.0 Å². The number of amides is 1. The van der Waals surface area contributed by atoms with E-state index < -0.39 is 20.8 Å². The highest BCUT2D eigenvalue weighted by Crippen LogP contribution is 2.20. The lowest BCUT2D eigenvalue weighted by atomic mass is 10.3. The van der Waals surface area contributed by atoms with Crippen molar-refractivity contribution in [3.05, 3.63) is 64.5 Å². The molecule has 0 saturated carbocycles. The Balaban J connectivity index is 1.55. The first-order chi connectivity index (χ1) is 13.8. The molecular weight excluding hydrogens is 405 g/mol. The summed E-state index contributed by atoms with van der Waals surface area (Å²) in [5.41, 5.74) is -0.144. The maximum atomic E-state index is 13.0. The van der Waals surface area contributed by atoms with Crippen molar-refractivity contribution in [3.63, 3.8) is 0 Å². The fraction of sp³-hybridized carbons (Fsp3) is 0.278. The number of rotatable bonds is 6. The number of hydrogen-bond acceptors (Lipinski definition) is 6. The van der Waals surface area contributed by atoms with E-state index >= 15 is 0 Å². The molecule has 154 valence electrons. The maximum absolute atomic E-state index is 13.0. The zero-order valence-electron chi connectivity index (χ0n) is 15.2. The van der Waals surface area contributed by atoms with Crippen LogP contribution >= 0.6 is 0 Å². The second-order valence-corrected chi connectivity index (χ2v) is 8.22. The molecule has 29 heavy (non-hydrogen) atoms. The third-order valence-corrected chi connectivity index (χ3v) is 6.35. The van der Waals surface area contributed by atoms with E-state index in [9.17, 15) is 27.7 Å². The van der Waals surface area contributed by atoms with Gasteiger partial charge in [0.05, 0.1) is 15.9 Å². The molecule has 1 aliphatic heterocycles. The second kappa shape index (κ2) is 8.53. The Morgan fingerprint density at radius 1 is 1.10 bits per heavy atom. The Bertz CT molecular complexity index is 1000. The Hall–Kier alpha value is -3.05. The molecule has 0 spiro atoms. The third kappa shape index (κ3) is 4.87. The zero-order chi connectivity index (χ0) is 21.0. The van der Waals surface area contributed by atoms with Gasteiger partial charge in [-0.3, -0.25) is 14.9 Å². The molecule has 2 aromatic rings. The van der Waals surface area contributed by atoms with Crippen molar-refractivity contribution < 1.29 is 27.3 Å². The van der Waals surface area contributed by atoms with Gasteiger partial charge in [0.15, 0.2) is 6.61 Å². The summed E-state index contributed by atoms with van der Waals surface area (Å²) in [5.74, 6) is -0.677. The van der Waals surface area contributed by atoms with Gasteiger partial charge in [0.1, 0.15) is 11.6 Å². The number of ether oxygens (including phenoxy) is 1. The van der Waals surface area contributed by atoms with Crippen LogP contribution in [0.25, 0.3) is 0 Å². The van der Waals surface area contributed by atoms with E-state index in [-0.39, 0.29) is 55.0 Å². The first-order valence-electron chi connectivity index (χ1n) is 8.68. The highest BCUT2D eigenvalue weighted by Gasteiger charge is 2.30. The Morgan fingerprint density at radius 3 is 2.38 bits per heavy atom.